The van der Waals surface area contributed by atoms with E-state index in [4.69, 9.17) is 16.3 Å². The van der Waals surface area contributed by atoms with Crippen LogP contribution in [0.25, 0.3) is 0 Å². The van der Waals surface area contributed by atoms with Crippen molar-refractivity contribution in [3.63, 3.8) is 0 Å². The van der Waals surface area contributed by atoms with E-state index in [2.05, 4.69) is 5.92 Å². The first-order valence-electron chi connectivity index (χ1n) is 5.07. The fraction of sp³-hybridized carbons (Fsp3) is 0.818. The summed E-state index contributed by atoms with van der Waals surface area (Å²) in [6, 6.07) is 0. The molecule has 2 heteroatoms. The molecule has 1 fully saturated rings. The SMILES string of the molecule is C#CC(OCCO)C1CCCCC1. The zero-order chi connectivity index (χ0) is 9.52. The smallest absolute Gasteiger partial charge is 0.120 e. The average molecular weight is 182 g/mol. The Morgan fingerprint density at radius 3 is 2.62 bits per heavy atom. The topological polar surface area (TPSA) is 29.5 Å². The highest BCUT2D eigenvalue weighted by Crippen LogP contribution is 2.27. The van der Waals surface area contributed by atoms with Gasteiger partial charge in [0.25, 0.3) is 0 Å². The summed E-state index contributed by atoms with van der Waals surface area (Å²) >= 11 is 0. The van der Waals surface area contributed by atoms with Gasteiger partial charge in [-0.05, 0) is 18.8 Å². The maximum Gasteiger partial charge on any atom is 0.120 e. The van der Waals surface area contributed by atoms with Crippen molar-refractivity contribution in [1.29, 1.82) is 0 Å². The van der Waals surface area contributed by atoms with Crippen LogP contribution in [0.5, 0.6) is 0 Å². The maximum atomic E-state index is 8.62. The second-order valence-electron chi connectivity index (χ2n) is 3.58. The van der Waals surface area contributed by atoms with Crippen LogP contribution in [-0.2, 0) is 4.74 Å². The number of rotatable bonds is 4. The predicted octanol–water partition coefficient (Wildman–Crippen LogP) is 1.58. The highest BCUT2D eigenvalue weighted by Gasteiger charge is 2.22. The van der Waals surface area contributed by atoms with Gasteiger partial charge in [0.05, 0.1) is 13.2 Å². The molecule has 74 valence electrons. The van der Waals surface area contributed by atoms with E-state index in [1.165, 1.54) is 32.1 Å². The molecule has 0 heterocycles. The van der Waals surface area contributed by atoms with E-state index in [1.54, 1.807) is 0 Å². The number of aliphatic hydroxyl groups excluding tert-OH is 1. The van der Waals surface area contributed by atoms with Gasteiger partial charge < -0.3 is 9.84 Å². The summed E-state index contributed by atoms with van der Waals surface area (Å²) in [6.45, 7) is 0.427. The van der Waals surface area contributed by atoms with Crippen molar-refractivity contribution in [1.82, 2.24) is 0 Å². The molecule has 1 atom stereocenters. The average Bonchev–Trinajstić information content (AvgIpc) is 2.21. The van der Waals surface area contributed by atoms with Gasteiger partial charge in [0, 0.05) is 0 Å². The fourth-order valence-corrected chi connectivity index (χ4v) is 1.94. The Morgan fingerprint density at radius 2 is 2.08 bits per heavy atom. The van der Waals surface area contributed by atoms with Crippen molar-refractivity contribution >= 4 is 0 Å². The third-order valence-corrected chi connectivity index (χ3v) is 2.63. The summed E-state index contributed by atoms with van der Waals surface area (Å²) in [5, 5.41) is 8.62. The van der Waals surface area contributed by atoms with Gasteiger partial charge in [0.2, 0.25) is 0 Å². The monoisotopic (exact) mass is 182 g/mol. The minimum atomic E-state index is -0.0764. The highest BCUT2D eigenvalue weighted by atomic mass is 16.5. The summed E-state index contributed by atoms with van der Waals surface area (Å²) in [4.78, 5) is 0. The first kappa shape index (κ1) is 10.6. The Hall–Kier alpha value is -0.520. The molecule has 1 unspecified atom stereocenters. The Morgan fingerprint density at radius 1 is 1.38 bits per heavy atom. The molecule has 0 spiro atoms. The molecule has 1 N–H and O–H groups in total. The molecule has 1 aliphatic carbocycles. The van der Waals surface area contributed by atoms with Crippen molar-refractivity contribution < 1.29 is 9.84 Å². The van der Waals surface area contributed by atoms with Crippen LogP contribution < -0.4 is 0 Å². The number of hydrogen-bond donors (Lipinski definition) is 1. The van der Waals surface area contributed by atoms with E-state index in [9.17, 15) is 0 Å². The highest BCUT2D eigenvalue weighted by molar-refractivity contribution is 4.98. The van der Waals surface area contributed by atoms with Crippen molar-refractivity contribution in [2.75, 3.05) is 13.2 Å². The zero-order valence-electron chi connectivity index (χ0n) is 8.04. The molecular weight excluding hydrogens is 164 g/mol. The summed E-state index contributed by atoms with van der Waals surface area (Å²) in [5.74, 6) is 3.19. The normalized spacial score (nSPS) is 20.9. The Labute approximate surface area is 80.3 Å². The van der Waals surface area contributed by atoms with Crippen LogP contribution in [0.15, 0.2) is 0 Å². The van der Waals surface area contributed by atoms with Crippen molar-refractivity contribution in [2.45, 2.75) is 38.2 Å². The van der Waals surface area contributed by atoms with E-state index < -0.39 is 0 Å². The van der Waals surface area contributed by atoms with E-state index in [-0.39, 0.29) is 12.7 Å². The molecule has 0 aromatic rings. The lowest BCUT2D eigenvalue weighted by molar-refractivity contribution is 0.0182. The summed E-state index contributed by atoms with van der Waals surface area (Å²) in [5.41, 5.74) is 0. The van der Waals surface area contributed by atoms with Crippen LogP contribution in [0.4, 0.5) is 0 Å². The van der Waals surface area contributed by atoms with Crippen molar-refractivity contribution in [3.8, 4) is 12.3 Å². The number of terminal acetylenes is 1. The Kier molecular flexibility index (Phi) is 4.88. The molecule has 0 saturated heterocycles. The Bertz CT molecular complexity index is 165. The van der Waals surface area contributed by atoms with Crippen LogP contribution >= 0.6 is 0 Å². The summed E-state index contributed by atoms with van der Waals surface area (Å²) < 4.78 is 5.39. The minimum absolute atomic E-state index is 0.0604. The van der Waals surface area contributed by atoms with Crippen LogP contribution in [0.2, 0.25) is 0 Å². The maximum absolute atomic E-state index is 8.62. The van der Waals surface area contributed by atoms with Gasteiger partial charge in [-0.25, -0.2) is 0 Å². The van der Waals surface area contributed by atoms with Gasteiger partial charge in [-0.1, -0.05) is 25.2 Å². The number of hydrogen-bond acceptors (Lipinski definition) is 2. The van der Waals surface area contributed by atoms with Gasteiger partial charge in [0.15, 0.2) is 0 Å². The summed E-state index contributed by atoms with van der Waals surface area (Å²) in [6.07, 6.45) is 11.5. The molecule has 0 aromatic carbocycles. The van der Waals surface area contributed by atoms with E-state index in [1.807, 2.05) is 0 Å². The van der Waals surface area contributed by atoms with Crippen molar-refractivity contribution in [2.24, 2.45) is 5.92 Å². The second kappa shape index (κ2) is 6.01. The lowest BCUT2D eigenvalue weighted by Gasteiger charge is -2.26. The molecular formula is C11H18O2. The third-order valence-electron chi connectivity index (χ3n) is 2.63. The summed E-state index contributed by atoms with van der Waals surface area (Å²) in [7, 11) is 0. The van der Waals surface area contributed by atoms with Gasteiger partial charge >= 0.3 is 0 Å². The van der Waals surface area contributed by atoms with Gasteiger partial charge in [-0.2, -0.15) is 0 Å². The lowest BCUT2D eigenvalue weighted by Crippen LogP contribution is -2.25. The van der Waals surface area contributed by atoms with Crippen LogP contribution in [-0.4, -0.2) is 24.4 Å². The zero-order valence-corrected chi connectivity index (χ0v) is 8.04. The van der Waals surface area contributed by atoms with Crippen LogP contribution in [0.3, 0.4) is 0 Å². The van der Waals surface area contributed by atoms with E-state index >= 15 is 0 Å². The number of aliphatic hydroxyl groups is 1. The van der Waals surface area contributed by atoms with E-state index in [0.29, 0.717) is 12.5 Å². The quantitative estimate of drug-likeness (QED) is 0.669. The molecule has 0 radical (unpaired) electrons. The van der Waals surface area contributed by atoms with Crippen molar-refractivity contribution in [3.05, 3.63) is 0 Å². The van der Waals surface area contributed by atoms with Gasteiger partial charge in [-0.3, -0.25) is 0 Å². The van der Waals surface area contributed by atoms with Gasteiger partial charge in [0.1, 0.15) is 6.10 Å². The molecule has 13 heavy (non-hydrogen) atoms. The Balaban J connectivity index is 2.31. The molecule has 0 amide bonds. The molecule has 2 nitrogen and oxygen atoms in total. The largest absolute Gasteiger partial charge is 0.394 e. The first-order valence-corrected chi connectivity index (χ1v) is 5.07. The van der Waals surface area contributed by atoms with Crippen LogP contribution in [0, 0.1) is 18.3 Å². The lowest BCUT2D eigenvalue weighted by atomic mass is 9.85. The molecule has 1 rings (SSSR count). The van der Waals surface area contributed by atoms with E-state index in [0.717, 1.165) is 0 Å². The van der Waals surface area contributed by atoms with Crippen LogP contribution in [0.1, 0.15) is 32.1 Å². The molecule has 1 saturated carbocycles. The minimum Gasteiger partial charge on any atom is -0.394 e. The fourth-order valence-electron chi connectivity index (χ4n) is 1.94. The number of ether oxygens (including phenoxy) is 1. The second-order valence-corrected chi connectivity index (χ2v) is 3.58. The standard InChI is InChI=1S/C11H18O2/c1-2-11(13-9-8-12)10-6-4-3-5-7-10/h1,10-12H,3-9H2. The molecule has 0 aliphatic heterocycles. The molecule has 0 bridgehead atoms. The van der Waals surface area contributed by atoms with Gasteiger partial charge in [-0.15, -0.1) is 6.42 Å². The molecule has 0 aromatic heterocycles. The predicted molar refractivity (Wildman–Crippen MR) is 52.2 cm³/mol. The first-order chi connectivity index (χ1) is 6.38. The third kappa shape index (κ3) is 3.38. The molecule has 1 aliphatic rings.